The molecule has 4 rings (SSSR count). The molecule has 162 valence electrons. The summed E-state index contributed by atoms with van der Waals surface area (Å²) >= 11 is 0. The summed E-state index contributed by atoms with van der Waals surface area (Å²) < 4.78 is 0. The molecule has 0 bridgehead atoms. The van der Waals surface area contributed by atoms with Crippen molar-refractivity contribution in [1.29, 1.82) is 0 Å². The molecule has 33 heavy (non-hydrogen) atoms. The van der Waals surface area contributed by atoms with Crippen molar-refractivity contribution < 1.29 is 29.7 Å². The van der Waals surface area contributed by atoms with Gasteiger partial charge in [-0.1, -0.05) is 36.4 Å². The Labute approximate surface area is 188 Å². The standard InChI is InChI=1S/C26H17NO6/c28-24(29)18-7-1-15(2-8-18)21-13-22(16-3-9-19(10-4-16)25(30)31)27-23(14-21)17-5-11-20(12-6-17)26(32)33/h1-14H,(H,28,29)(H,30,31)(H,32,33). The van der Waals surface area contributed by atoms with Crippen molar-refractivity contribution in [2.75, 3.05) is 0 Å². The van der Waals surface area contributed by atoms with E-state index < -0.39 is 17.9 Å². The molecule has 0 radical (unpaired) electrons. The van der Waals surface area contributed by atoms with Crippen LogP contribution in [0.1, 0.15) is 31.1 Å². The Morgan fingerprint density at radius 2 is 0.758 bits per heavy atom. The van der Waals surface area contributed by atoms with Crippen molar-refractivity contribution >= 4 is 17.9 Å². The van der Waals surface area contributed by atoms with Gasteiger partial charge in [0.2, 0.25) is 0 Å². The highest BCUT2D eigenvalue weighted by Crippen LogP contribution is 2.31. The summed E-state index contributed by atoms with van der Waals surface area (Å²) in [5.41, 5.74) is 4.60. The van der Waals surface area contributed by atoms with Gasteiger partial charge in [0, 0.05) is 11.1 Å². The number of carbonyl (C=O) groups is 3. The molecule has 1 aromatic heterocycles. The van der Waals surface area contributed by atoms with E-state index in [1.807, 2.05) is 12.1 Å². The molecule has 0 aliphatic heterocycles. The number of carboxylic acids is 3. The van der Waals surface area contributed by atoms with Gasteiger partial charge in [-0.25, -0.2) is 19.4 Å². The molecule has 0 aliphatic rings. The number of hydrogen-bond acceptors (Lipinski definition) is 4. The Morgan fingerprint density at radius 3 is 1.06 bits per heavy atom. The predicted molar refractivity (Wildman–Crippen MR) is 121 cm³/mol. The van der Waals surface area contributed by atoms with Crippen LogP contribution in [0.15, 0.2) is 84.9 Å². The van der Waals surface area contributed by atoms with Crippen LogP contribution in [0.25, 0.3) is 33.6 Å². The average molecular weight is 439 g/mol. The number of aromatic nitrogens is 1. The number of benzene rings is 3. The number of carboxylic acid groups (broad SMARTS) is 3. The fourth-order valence-corrected chi connectivity index (χ4v) is 3.37. The Balaban J connectivity index is 1.84. The van der Waals surface area contributed by atoms with Crippen molar-refractivity contribution in [2.24, 2.45) is 0 Å². The van der Waals surface area contributed by atoms with Crippen molar-refractivity contribution in [3.8, 4) is 33.6 Å². The molecule has 0 saturated carbocycles. The van der Waals surface area contributed by atoms with Crippen molar-refractivity contribution in [3.63, 3.8) is 0 Å². The molecule has 0 amide bonds. The molecule has 3 aromatic carbocycles. The van der Waals surface area contributed by atoms with Crippen LogP contribution in [-0.2, 0) is 0 Å². The van der Waals surface area contributed by atoms with Gasteiger partial charge in [0.15, 0.2) is 0 Å². The molecule has 0 spiro atoms. The number of aromatic carboxylic acids is 3. The highest BCUT2D eigenvalue weighted by Gasteiger charge is 2.12. The van der Waals surface area contributed by atoms with Crippen molar-refractivity contribution in [2.45, 2.75) is 0 Å². The van der Waals surface area contributed by atoms with Gasteiger partial charge in [-0.3, -0.25) is 0 Å². The first-order chi connectivity index (χ1) is 15.8. The van der Waals surface area contributed by atoms with E-state index in [4.69, 9.17) is 20.3 Å². The summed E-state index contributed by atoms with van der Waals surface area (Å²) in [4.78, 5) is 38.2. The second kappa shape index (κ2) is 8.76. The number of hydrogen-bond donors (Lipinski definition) is 3. The summed E-state index contributed by atoms with van der Waals surface area (Å²) in [6, 6.07) is 22.7. The van der Waals surface area contributed by atoms with E-state index >= 15 is 0 Å². The average Bonchev–Trinajstić information content (AvgIpc) is 2.84. The van der Waals surface area contributed by atoms with Crippen LogP contribution in [0.4, 0.5) is 0 Å². The summed E-state index contributed by atoms with van der Waals surface area (Å²) in [6.07, 6.45) is 0. The zero-order valence-corrected chi connectivity index (χ0v) is 17.1. The molecular weight excluding hydrogens is 422 g/mol. The first-order valence-electron chi connectivity index (χ1n) is 9.85. The lowest BCUT2D eigenvalue weighted by Gasteiger charge is -2.11. The van der Waals surface area contributed by atoms with E-state index in [-0.39, 0.29) is 16.7 Å². The molecule has 0 aliphatic carbocycles. The zero-order valence-electron chi connectivity index (χ0n) is 17.1. The van der Waals surface area contributed by atoms with Crippen molar-refractivity contribution in [1.82, 2.24) is 4.98 Å². The number of nitrogens with zero attached hydrogens (tertiary/aromatic N) is 1. The molecule has 0 saturated heterocycles. The predicted octanol–water partition coefficient (Wildman–Crippen LogP) is 5.18. The summed E-state index contributed by atoms with van der Waals surface area (Å²) in [6.45, 7) is 0. The fourth-order valence-electron chi connectivity index (χ4n) is 3.37. The van der Waals surface area contributed by atoms with E-state index in [1.54, 1.807) is 36.4 Å². The Bertz CT molecular complexity index is 1180. The molecule has 4 aromatic rings. The topological polar surface area (TPSA) is 125 Å². The monoisotopic (exact) mass is 439 g/mol. The van der Waals surface area contributed by atoms with Crippen LogP contribution in [0.5, 0.6) is 0 Å². The third-order valence-electron chi connectivity index (χ3n) is 5.15. The molecule has 3 N–H and O–H groups in total. The van der Waals surface area contributed by atoms with Crippen molar-refractivity contribution in [3.05, 3.63) is 102 Å². The van der Waals surface area contributed by atoms with Gasteiger partial charge < -0.3 is 15.3 Å². The Morgan fingerprint density at radius 1 is 0.455 bits per heavy atom. The normalized spacial score (nSPS) is 10.5. The SMILES string of the molecule is O=C(O)c1ccc(-c2cc(-c3ccc(C(=O)O)cc3)nc(-c3ccc(C(=O)O)cc3)c2)cc1. The lowest BCUT2D eigenvalue weighted by atomic mass is 9.98. The second-order valence-electron chi connectivity index (χ2n) is 7.27. The minimum Gasteiger partial charge on any atom is -0.478 e. The summed E-state index contributed by atoms with van der Waals surface area (Å²) in [5, 5.41) is 27.5. The largest absolute Gasteiger partial charge is 0.478 e. The maximum absolute atomic E-state index is 11.2. The minimum atomic E-state index is -1.03. The number of rotatable bonds is 6. The van der Waals surface area contributed by atoms with E-state index in [2.05, 4.69) is 0 Å². The Kier molecular flexibility index (Phi) is 5.69. The van der Waals surface area contributed by atoms with E-state index in [0.29, 0.717) is 22.5 Å². The van der Waals surface area contributed by atoms with Gasteiger partial charge in [0.05, 0.1) is 28.1 Å². The quantitative estimate of drug-likeness (QED) is 0.378. The van der Waals surface area contributed by atoms with E-state index in [1.165, 1.54) is 36.4 Å². The van der Waals surface area contributed by atoms with Gasteiger partial charge in [-0.05, 0) is 59.7 Å². The molecule has 7 nitrogen and oxygen atoms in total. The first-order valence-corrected chi connectivity index (χ1v) is 9.85. The van der Waals surface area contributed by atoms with Crippen LogP contribution < -0.4 is 0 Å². The van der Waals surface area contributed by atoms with Gasteiger partial charge in [0.25, 0.3) is 0 Å². The van der Waals surface area contributed by atoms with Crippen LogP contribution >= 0.6 is 0 Å². The lowest BCUT2D eigenvalue weighted by Crippen LogP contribution is -1.97. The lowest BCUT2D eigenvalue weighted by molar-refractivity contribution is 0.0686. The summed E-state index contributed by atoms with van der Waals surface area (Å²) in [5.74, 6) is -3.07. The molecule has 1 heterocycles. The smallest absolute Gasteiger partial charge is 0.335 e. The highest BCUT2D eigenvalue weighted by molar-refractivity contribution is 5.90. The Hall–Kier alpha value is -4.78. The number of pyridine rings is 1. The van der Waals surface area contributed by atoms with Gasteiger partial charge >= 0.3 is 17.9 Å². The maximum atomic E-state index is 11.2. The van der Waals surface area contributed by atoms with Gasteiger partial charge in [0.1, 0.15) is 0 Å². The van der Waals surface area contributed by atoms with Gasteiger partial charge in [-0.2, -0.15) is 0 Å². The maximum Gasteiger partial charge on any atom is 0.335 e. The van der Waals surface area contributed by atoms with Gasteiger partial charge in [-0.15, -0.1) is 0 Å². The zero-order chi connectivity index (χ0) is 23.5. The van der Waals surface area contributed by atoms with Crippen LogP contribution in [0, 0.1) is 0 Å². The molecule has 0 atom stereocenters. The van der Waals surface area contributed by atoms with Crippen LogP contribution in [0.2, 0.25) is 0 Å². The second-order valence-corrected chi connectivity index (χ2v) is 7.27. The third kappa shape index (κ3) is 4.62. The summed E-state index contributed by atoms with van der Waals surface area (Å²) in [7, 11) is 0. The van der Waals surface area contributed by atoms with Crippen LogP contribution in [0.3, 0.4) is 0 Å². The molecular formula is C26H17NO6. The third-order valence-corrected chi connectivity index (χ3v) is 5.15. The molecule has 0 fully saturated rings. The fraction of sp³-hybridized carbons (Fsp3) is 0. The minimum absolute atomic E-state index is 0.156. The van der Waals surface area contributed by atoms with Crippen LogP contribution in [-0.4, -0.2) is 38.2 Å². The van der Waals surface area contributed by atoms with E-state index in [9.17, 15) is 14.4 Å². The molecule has 7 heteroatoms. The van der Waals surface area contributed by atoms with E-state index in [0.717, 1.165) is 11.1 Å². The highest BCUT2D eigenvalue weighted by atomic mass is 16.4. The molecule has 0 unspecified atom stereocenters. The first kappa shape index (κ1) is 21.5.